The monoisotopic (exact) mass is 389 g/mol. The summed E-state index contributed by atoms with van der Waals surface area (Å²) in [5.41, 5.74) is -0.342. The largest absolute Gasteiger partial charge is 0.443 e. The minimum absolute atomic E-state index is 0.0298. The van der Waals surface area contributed by atoms with E-state index in [4.69, 9.17) is 11.2 Å². The van der Waals surface area contributed by atoms with Gasteiger partial charge in [-0.2, -0.15) is 5.26 Å². The fourth-order valence-electron chi connectivity index (χ4n) is 3.13. The van der Waals surface area contributed by atoms with E-state index in [-0.39, 0.29) is 29.7 Å². The second-order valence-corrected chi connectivity index (χ2v) is 9.01. The molecule has 0 spiro atoms. The van der Waals surface area contributed by atoms with Crippen LogP contribution < -0.4 is 0 Å². The molecule has 0 bridgehead atoms. The van der Waals surface area contributed by atoms with Crippen LogP contribution in [0, 0.1) is 40.9 Å². The van der Waals surface area contributed by atoms with Crippen LogP contribution in [0.3, 0.4) is 0 Å². The van der Waals surface area contributed by atoms with Gasteiger partial charge in [0.25, 0.3) is 5.91 Å². The number of rotatable bonds is 7. The molecule has 0 aromatic carbocycles. The lowest BCUT2D eigenvalue weighted by Crippen LogP contribution is -2.36. The van der Waals surface area contributed by atoms with E-state index in [2.05, 4.69) is 12.0 Å². The Morgan fingerprint density at radius 3 is 2.70 bits per heavy atom. The zero-order chi connectivity index (χ0) is 20.4. The molecule has 2 rings (SSSR count). The van der Waals surface area contributed by atoms with E-state index in [0.717, 1.165) is 4.90 Å². The van der Waals surface area contributed by atoms with Crippen LogP contribution in [0.4, 0.5) is 4.79 Å². The number of carbonyl (C=O) groups excluding carboxylic acids is 3. The van der Waals surface area contributed by atoms with E-state index in [1.807, 2.05) is 33.8 Å². The molecule has 144 valence electrons. The molecule has 3 amide bonds. The van der Waals surface area contributed by atoms with Crippen LogP contribution in [0.5, 0.6) is 0 Å². The van der Waals surface area contributed by atoms with Crippen molar-refractivity contribution in [1.29, 1.82) is 5.26 Å². The maximum Gasteiger partial charge on any atom is 0.330 e. The number of urea groups is 1. The normalized spacial score (nSPS) is 24.0. The summed E-state index contributed by atoms with van der Waals surface area (Å²) in [6.07, 6.45) is 6.99. The number of carbonyl (C=O) groups is 3. The average molecular weight is 389 g/mol. The second-order valence-electron chi connectivity index (χ2n) is 7.39. The molecule has 0 aromatic heterocycles. The van der Waals surface area contributed by atoms with E-state index in [1.165, 1.54) is 16.7 Å². The van der Waals surface area contributed by atoms with Crippen LogP contribution in [0.25, 0.3) is 0 Å². The molecule has 1 heterocycles. The topological polar surface area (TPSA) is 90.7 Å². The minimum atomic E-state index is -0.558. The van der Waals surface area contributed by atoms with Crippen LogP contribution in [0.2, 0.25) is 0 Å². The predicted octanol–water partition coefficient (Wildman–Crippen LogP) is 2.21. The molecule has 1 saturated heterocycles. The van der Waals surface area contributed by atoms with Crippen molar-refractivity contribution in [3.05, 3.63) is 11.0 Å². The molecule has 0 unspecified atom stereocenters. The quantitative estimate of drug-likeness (QED) is 0.287. The summed E-state index contributed by atoms with van der Waals surface area (Å²) >= 11 is 1.45. The Morgan fingerprint density at radius 1 is 1.48 bits per heavy atom. The summed E-state index contributed by atoms with van der Waals surface area (Å²) in [5.74, 6) is 0.849. The van der Waals surface area contributed by atoms with Gasteiger partial charge >= 0.3 is 12.0 Å². The lowest BCUT2D eigenvalue weighted by atomic mass is 10.1. The van der Waals surface area contributed by atoms with Gasteiger partial charge in [0.2, 0.25) is 0 Å². The lowest BCUT2D eigenvalue weighted by molar-refractivity contribution is -0.151. The summed E-state index contributed by atoms with van der Waals surface area (Å²) in [6, 6.07) is 1.60. The summed E-state index contributed by atoms with van der Waals surface area (Å²) in [4.78, 5) is 39.1. The number of allylic oxidation sites excluding steroid dienone is 2. The number of imide groups is 1. The number of amides is 3. The van der Waals surface area contributed by atoms with Crippen molar-refractivity contribution in [2.45, 2.75) is 32.9 Å². The molecular weight excluding hydrogens is 366 g/mol. The summed E-state index contributed by atoms with van der Waals surface area (Å²) in [7, 11) is 0. The summed E-state index contributed by atoms with van der Waals surface area (Å²) in [5, 5.41) is 9.53. The molecule has 1 aliphatic carbocycles. The standard InChI is InChI=1S/C19H23N3O4S/c1-6-7-21-10-15(23)22(18(21)25)11-26-17(24)16-14(19(16,4)5)8-13(9-20)27-12(2)3/h1,8,12,14,16H,7,10-11H2,2-5H3/b13-8+/t14-,16+/m1/s1. The first-order valence-corrected chi connectivity index (χ1v) is 9.49. The van der Waals surface area contributed by atoms with Gasteiger partial charge in [0.05, 0.1) is 17.4 Å². The number of hydrogen-bond acceptors (Lipinski definition) is 6. The molecule has 0 N–H and O–H groups in total. The highest BCUT2D eigenvalue weighted by molar-refractivity contribution is 8.03. The van der Waals surface area contributed by atoms with E-state index < -0.39 is 30.6 Å². The zero-order valence-corrected chi connectivity index (χ0v) is 16.7. The van der Waals surface area contributed by atoms with Crippen molar-refractivity contribution in [3.63, 3.8) is 0 Å². The van der Waals surface area contributed by atoms with Crippen molar-refractivity contribution in [2.24, 2.45) is 17.3 Å². The fraction of sp³-hybridized carbons (Fsp3) is 0.579. The van der Waals surface area contributed by atoms with Crippen LogP contribution in [0.15, 0.2) is 11.0 Å². The Labute approximate surface area is 163 Å². The Hall–Kier alpha value is -2.45. The minimum Gasteiger partial charge on any atom is -0.443 e. The van der Waals surface area contributed by atoms with Crippen molar-refractivity contribution < 1.29 is 19.1 Å². The van der Waals surface area contributed by atoms with Crippen molar-refractivity contribution >= 4 is 29.7 Å². The van der Waals surface area contributed by atoms with E-state index in [0.29, 0.717) is 4.91 Å². The number of nitrogens with zero attached hydrogens (tertiary/aromatic N) is 3. The molecule has 2 fully saturated rings. The van der Waals surface area contributed by atoms with Crippen molar-refractivity contribution in [2.75, 3.05) is 19.8 Å². The van der Waals surface area contributed by atoms with Gasteiger partial charge in [0.15, 0.2) is 6.73 Å². The third kappa shape index (κ3) is 4.45. The van der Waals surface area contributed by atoms with Gasteiger partial charge < -0.3 is 9.64 Å². The fourth-order valence-corrected chi connectivity index (χ4v) is 3.92. The number of terminal acetylenes is 1. The van der Waals surface area contributed by atoms with Crippen LogP contribution in [-0.2, 0) is 14.3 Å². The zero-order valence-electron chi connectivity index (χ0n) is 15.9. The number of nitriles is 1. The first-order chi connectivity index (χ1) is 12.6. The Morgan fingerprint density at radius 2 is 2.15 bits per heavy atom. The molecule has 27 heavy (non-hydrogen) atoms. The molecule has 2 atom stereocenters. The summed E-state index contributed by atoms with van der Waals surface area (Å²) in [6.45, 7) is 7.33. The van der Waals surface area contributed by atoms with E-state index in [1.54, 1.807) is 0 Å². The Kier molecular flexibility index (Phi) is 6.22. The summed E-state index contributed by atoms with van der Waals surface area (Å²) < 4.78 is 5.23. The third-order valence-corrected chi connectivity index (χ3v) is 5.67. The molecule has 1 saturated carbocycles. The second kappa shape index (κ2) is 8.06. The molecule has 0 aromatic rings. The Balaban J connectivity index is 1.98. The maximum atomic E-state index is 12.5. The van der Waals surface area contributed by atoms with Gasteiger partial charge in [-0.05, 0) is 11.3 Å². The predicted molar refractivity (Wildman–Crippen MR) is 101 cm³/mol. The highest BCUT2D eigenvalue weighted by Crippen LogP contribution is 2.60. The van der Waals surface area contributed by atoms with E-state index in [9.17, 15) is 19.6 Å². The molecule has 2 aliphatic rings. The van der Waals surface area contributed by atoms with Gasteiger partial charge in [-0.25, -0.2) is 9.69 Å². The third-order valence-electron chi connectivity index (χ3n) is 4.72. The first kappa shape index (κ1) is 20.9. The van der Waals surface area contributed by atoms with Crippen LogP contribution >= 0.6 is 11.8 Å². The molecule has 7 nitrogen and oxygen atoms in total. The number of hydrogen-bond donors (Lipinski definition) is 0. The van der Waals surface area contributed by atoms with Gasteiger partial charge in [-0.1, -0.05) is 39.7 Å². The van der Waals surface area contributed by atoms with Gasteiger partial charge in [0.1, 0.15) is 12.6 Å². The first-order valence-electron chi connectivity index (χ1n) is 8.61. The smallest absolute Gasteiger partial charge is 0.330 e. The number of esters is 1. The van der Waals surface area contributed by atoms with E-state index >= 15 is 0 Å². The molecular formula is C19H23N3O4S. The average Bonchev–Trinajstić information content (AvgIpc) is 3.01. The van der Waals surface area contributed by atoms with Crippen molar-refractivity contribution in [1.82, 2.24) is 9.80 Å². The molecule has 1 aliphatic heterocycles. The van der Waals surface area contributed by atoms with Crippen molar-refractivity contribution in [3.8, 4) is 18.4 Å². The molecule has 8 heteroatoms. The van der Waals surface area contributed by atoms with Gasteiger partial charge in [-0.15, -0.1) is 18.2 Å². The van der Waals surface area contributed by atoms with Crippen LogP contribution in [0.1, 0.15) is 27.7 Å². The van der Waals surface area contributed by atoms with Crippen LogP contribution in [-0.4, -0.2) is 52.8 Å². The SMILES string of the molecule is C#CCN1CC(=O)N(COC(=O)[C@@H]2[C@@H](/C=C(\C#N)SC(C)C)C2(C)C)C1=O. The highest BCUT2D eigenvalue weighted by atomic mass is 32.2. The number of ether oxygens (including phenoxy) is 1. The van der Waals surface area contributed by atoms with Gasteiger partial charge in [0, 0.05) is 5.25 Å². The van der Waals surface area contributed by atoms with Gasteiger partial charge in [-0.3, -0.25) is 9.59 Å². The lowest BCUT2D eigenvalue weighted by Gasteiger charge is -2.15. The Bertz CT molecular complexity index is 760. The molecule has 0 radical (unpaired) electrons. The highest BCUT2D eigenvalue weighted by Gasteiger charge is 2.61. The maximum absolute atomic E-state index is 12.5. The number of thioether (sulfide) groups is 1.